The fourth-order valence-corrected chi connectivity index (χ4v) is 2.98. The quantitative estimate of drug-likeness (QED) is 0.904. The van der Waals surface area contributed by atoms with E-state index in [-0.39, 0.29) is 11.3 Å². The van der Waals surface area contributed by atoms with Crippen LogP contribution < -0.4 is 9.47 Å². The van der Waals surface area contributed by atoms with Gasteiger partial charge in [0.2, 0.25) is 0 Å². The summed E-state index contributed by atoms with van der Waals surface area (Å²) in [6, 6.07) is 5.26. The normalized spacial score (nSPS) is 22.9. The molecule has 1 aliphatic carbocycles. The van der Waals surface area contributed by atoms with Crippen LogP contribution in [0.5, 0.6) is 11.5 Å². The Bertz CT molecular complexity index is 539. The van der Waals surface area contributed by atoms with Gasteiger partial charge in [0, 0.05) is 18.5 Å². The summed E-state index contributed by atoms with van der Waals surface area (Å²) in [5.74, 6) is 0.883. The first-order valence-electron chi connectivity index (χ1n) is 6.79. The molecule has 0 aromatic heterocycles. The number of para-hydroxylation sites is 1. The maximum Gasteiger partial charge on any atom is 0.257 e. The van der Waals surface area contributed by atoms with Gasteiger partial charge < -0.3 is 19.5 Å². The van der Waals surface area contributed by atoms with Gasteiger partial charge in [0.25, 0.3) is 5.91 Å². The number of hydrogen-bond acceptors (Lipinski definition) is 4. The van der Waals surface area contributed by atoms with E-state index in [0.717, 1.165) is 12.8 Å². The van der Waals surface area contributed by atoms with E-state index in [1.807, 2.05) is 0 Å². The molecule has 3 rings (SSSR count). The fraction of sp³-hybridized carbons (Fsp3) is 0.533. The second-order valence-corrected chi connectivity index (χ2v) is 5.60. The van der Waals surface area contributed by atoms with Crippen LogP contribution in [0.15, 0.2) is 18.2 Å². The van der Waals surface area contributed by atoms with Crippen molar-refractivity contribution in [3.63, 3.8) is 0 Å². The van der Waals surface area contributed by atoms with Gasteiger partial charge in [-0.1, -0.05) is 6.07 Å². The molecule has 1 aromatic carbocycles. The average Bonchev–Trinajstić information content (AvgIpc) is 3.17. The lowest BCUT2D eigenvalue weighted by atomic mass is 10.0. The van der Waals surface area contributed by atoms with Gasteiger partial charge in [0.05, 0.1) is 25.9 Å². The number of carbonyl (C=O) groups excluding carboxylic acids is 1. The third kappa shape index (κ3) is 1.93. The maximum atomic E-state index is 12.6. The Morgan fingerprint density at radius 3 is 2.65 bits per heavy atom. The molecule has 1 atom stereocenters. The Hall–Kier alpha value is -1.75. The van der Waals surface area contributed by atoms with Crippen molar-refractivity contribution in [2.75, 3.05) is 27.3 Å². The summed E-state index contributed by atoms with van der Waals surface area (Å²) in [4.78, 5) is 14.4. The predicted molar refractivity (Wildman–Crippen MR) is 73.1 cm³/mol. The molecule has 1 spiro atoms. The molecule has 5 nitrogen and oxygen atoms in total. The van der Waals surface area contributed by atoms with E-state index < -0.39 is 6.10 Å². The van der Waals surface area contributed by atoms with Gasteiger partial charge in [-0.25, -0.2) is 0 Å². The Kier molecular flexibility index (Phi) is 3.09. The summed E-state index contributed by atoms with van der Waals surface area (Å²) < 4.78 is 10.5. The lowest BCUT2D eigenvalue weighted by Gasteiger charge is -2.18. The summed E-state index contributed by atoms with van der Waals surface area (Å²) >= 11 is 0. The number of hydrogen-bond donors (Lipinski definition) is 1. The standard InChI is InChI=1S/C15H19NO4/c1-19-11-5-3-4-10(13(11)20-2)14(18)16-8-12(17)15(9-16)6-7-15/h3-5,12,17H,6-9H2,1-2H3. The lowest BCUT2D eigenvalue weighted by molar-refractivity contribution is 0.0760. The van der Waals surface area contributed by atoms with Crippen LogP contribution in [0.25, 0.3) is 0 Å². The van der Waals surface area contributed by atoms with Gasteiger partial charge in [0.1, 0.15) is 0 Å². The van der Waals surface area contributed by atoms with Gasteiger partial charge in [-0.2, -0.15) is 0 Å². The zero-order chi connectivity index (χ0) is 14.3. The Labute approximate surface area is 118 Å². The first-order valence-corrected chi connectivity index (χ1v) is 6.79. The molecule has 108 valence electrons. The molecule has 1 heterocycles. The Morgan fingerprint density at radius 1 is 1.35 bits per heavy atom. The lowest BCUT2D eigenvalue weighted by Crippen LogP contribution is -2.30. The molecule has 1 saturated heterocycles. The van der Waals surface area contributed by atoms with Crippen LogP contribution in [0.3, 0.4) is 0 Å². The molecule has 0 radical (unpaired) electrons. The number of aliphatic hydroxyl groups excluding tert-OH is 1. The second-order valence-electron chi connectivity index (χ2n) is 5.60. The molecule has 1 unspecified atom stereocenters. The van der Waals surface area contributed by atoms with E-state index in [4.69, 9.17) is 9.47 Å². The van der Waals surface area contributed by atoms with Crippen molar-refractivity contribution in [1.29, 1.82) is 0 Å². The van der Waals surface area contributed by atoms with E-state index in [1.165, 1.54) is 7.11 Å². The molecule has 0 bridgehead atoms. The zero-order valence-electron chi connectivity index (χ0n) is 11.8. The molecule has 1 aliphatic heterocycles. The van der Waals surface area contributed by atoms with E-state index in [2.05, 4.69) is 0 Å². The molecular formula is C15H19NO4. The highest BCUT2D eigenvalue weighted by molar-refractivity contribution is 5.98. The largest absolute Gasteiger partial charge is 0.493 e. The fourth-order valence-electron chi connectivity index (χ4n) is 2.98. The van der Waals surface area contributed by atoms with Crippen molar-refractivity contribution < 1.29 is 19.4 Å². The van der Waals surface area contributed by atoms with Crippen molar-refractivity contribution in [2.45, 2.75) is 18.9 Å². The molecule has 2 fully saturated rings. The SMILES string of the molecule is COc1cccc(C(=O)N2CC(O)C3(CC3)C2)c1OC. The van der Waals surface area contributed by atoms with Gasteiger partial charge in [-0.05, 0) is 25.0 Å². The van der Waals surface area contributed by atoms with E-state index >= 15 is 0 Å². The average molecular weight is 277 g/mol. The highest BCUT2D eigenvalue weighted by Gasteiger charge is 2.55. The summed E-state index contributed by atoms with van der Waals surface area (Å²) in [6.07, 6.45) is 1.61. The monoisotopic (exact) mass is 277 g/mol. The highest BCUT2D eigenvalue weighted by Crippen LogP contribution is 2.53. The van der Waals surface area contributed by atoms with Gasteiger partial charge in [-0.3, -0.25) is 4.79 Å². The van der Waals surface area contributed by atoms with Crippen molar-refractivity contribution in [1.82, 2.24) is 4.90 Å². The van der Waals surface area contributed by atoms with Crippen molar-refractivity contribution >= 4 is 5.91 Å². The predicted octanol–water partition coefficient (Wildman–Crippen LogP) is 1.30. The van der Waals surface area contributed by atoms with Crippen LogP contribution in [0.4, 0.5) is 0 Å². The first-order chi connectivity index (χ1) is 9.61. The van der Waals surface area contributed by atoms with Crippen LogP contribution in [0.2, 0.25) is 0 Å². The molecule has 2 aliphatic rings. The van der Waals surface area contributed by atoms with Crippen molar-refractivity contribution in [3.8, 4) is 11.5 Å². The molecule has 1 amide bonds. The Balaban J connectivity index is 1.88. The third-order valence-electron chi connectivity index (χ3n) is 4.42. The summed E-state index contributed by atoms with van der Waals surface area (Å²) in [7, 11) is 3.07. The smallest absolute Gasteiger partial charge is 0.257 e. The number of β-amino-alcohol motifs (C(OH)–C–C–N with tert-alkyl or cyclic N) is 1. The minimum Gasteiger partial charge on any atom is -0.493 e. The number of ether oxygens (including phenoxy) is 2. The summed E-state index contributed by atoms with van der Waals surface area (Å²) in [5, 5.41) is 10.1. The van der Waals surface area contributed by atoms with E-state index in [0.29, 0.717) is 30.2 Å². The molecule has 20 heavy (non-hydrogen) atoms. The molecule has 1 N–H and O–H groups in total. The van der Waals surface area contributed by atoms with Gasteiger partial charge in [-0.15, -0.1) is 0 Å². The van der Waals surface area contributed by atoms with E-state index in [9.17, 15) is 9.90 Å². The van der Waals surface area contributed by atoms with Crippen LogP contribution in [-0.2, 0) is 0 Å². The minimum absolute atomic E-state index is 0.0399. The second kappa shape index (κ2) is 4.66. The highest BCUT2D eigenvalue weighted by atomic mass is 16.5. The van der Waals surface area contributed by atoms with Crippen molar-refractivity contribution in [3.05, 3.63) is 23.8 Å². The van der Waals surface area contributed by atoms with Crippen LogP contribution >= 0.6 is 0 Å². The number of benzene rings is 1. The number of methoxy groups -OCH3 is 2. The number of rotatable bonds is 3. The molecule has 5 heteroatoms. The first kappa shape index (κ1) is 13.2. The van der Waals surface area contributed by atoms with Crippen LogP contribution in [0, 0.1) is 5.41 Å². The molecule has 1 saturated carbocycles. The Morgan fingerprint density at radius 2 is 2.10 bits per heavy atom. The summed E-state index contributed by atoms with van der Waals surface area (Å²) in [5.41, 5.74) is 0.443. The third-order valence-corrected chi connectivity index (χ3v) is 4.42. The topological polar surface area (TPSA) is 59.0 Å². The molecular weight excluding hydrogens is 258 g/mol. The van der Waals surface area contributed by atoms with Gasteiger partial charge in [0.15, 0.2) is 11.5 Å². The number of likely N-dealkylation sites (tertiary alicyclic amines) is 1. The van der Waals surface area contributed by atoms with E-state index in [1.54, 1.807) is 30.2 Å². The number of carbonyl (C=O) groups is 1. The number of aliphatic hydroxyl groups is 1. The summed E-state index contributed by atoms with van der Waals surface area (Å²) in [6.45, 7) is 1.03. The van der Waals surface area contributed by atoms with Crippen molar-refractivity contribution in [2.24, 2.45) is 5.41 Å². The molecule has 1 aromatic rings. The maximum absolute atomic E-state index is 12.6. The van der Waals surface area contributed by atoms with Crippen LogP contribution in [-0.4, -0.2) is 49.3 Å². The van der Waals surface area contributed by atoms with Gasteiger partial charge >= 0.3 is 0 Å². The number of nitrogens with zero attached hydrogens (tertiary/aromatic N) is 1. The minimum atomic E-state index is -0.400. The zero-order valence-corrected chi connectivity index (χ0v) is 11.8. The number of amides is 1. The van der Waals surface area contributed by atoms with Crippen LogP contribution in [0.1, 0.15) is 23.2 Å².